The van der Waals surface area contributed by atoms with Gasteiger partial charge < -0.3 is 9.57 Å². The Hall–Kier alpha value is -3.66. The molecule has 0 bridgehead atoms. The Morgan fingerprint density at radius 3 is 2.16 bits per heavy atom. The summed E-state index contributed by atoms with van der Waals surface area (Å²) in [6, 6.07) is 14.6. The zero-order valence-corrected chi connectivity index (χ0v) is 13.0. The van der Waals surface area contributed by atoms with Crippen LogP contribution in [0.15, 0.2) is 48.5 Å². The summed E-state index contributed by atoms with van der Waals surface area (Å²) in [6.45, 7) is -0.0683. The molecule has 124 valence electrons. The zero-order chi connectivity index (χ0) is 17.8. The first kappa shape index (κ1) is 16.2. The van der Waals surface area contributed by atoms with Gasteiger partial charge in [0.05, 0.1) is 17.5 Å². The fourth-order valence-corrected chi connectivity index (χ4v) is 2.37. The molecule has 2 aromatic rings. The van der Waals surface area contributed by atoms with Crippen LogP contribution in [-0.2, 0) is 16.1 Å². The zero-order valence-electron chi connectivity index (χ0n) is 13.0. The van der Waals surface area contributed by atoms with Gasteiger partial charge in [-0.15, -0.1) is 0 Å². The third-order valence-corrected chi connectivity index (χ3v) is 3.53. The molecular formula is C18H12N2O5. The maximum Gasteiger partial charge on any atom is 0.337 e. The monoisotopic (exact) mass is 336 g/mol. The van der Waals surface area contributed by atoms with Gasteiger partial charge in [-0.3, -0.25) is 9.59 Å². The smallest absolute Gasteiger partial charge is 0.337 e. The third kappa shape index (κ3) is 3.33. The van der Waals surface area contributed by atoms with Crippen LogP contribution in [0.25, 0.3) is 0 Å². The highest BCUT2D eigenvalue weighted by atomic mass is 16.7. The van der Waals surface area contributed by atoms with E-state index in [2.05, 4.69) is 0 Å². The molecule has 0 fully saturated rings. The van der Waals surface area contributed by atoms with E-state index in [9.17, 15) is 14.4 Å². The molecule has 1 heterocycles. The summed E-state index contributed by atoms with van der Waals surface area (Å²) in [7, 11) is 0. The summed E-state index contributed by atoms with van der Waals surface area (Å²) in [5.41, 5.74) is 1.03. The highest BCUT2D eigenvalue weighted by Gasteiger charge is 2.38. The fraction of sp³-hybridized carbons (Fsp3) is 0.111. The van der Waals surface area contributed by atoms with Gasteiger partial charge in [0.2, 0.25) is 0 Å². The molecule has 0 saturated carbocycles. The summed E-state index contributed by atoms with van der Waals surface area (Å²) >= 11 is 0. The van der Waals surface area contributed by atoms with Crippen molar-refractivity contribution in [2.45, 2.75) is 6.42 Å². The van der Waals surface area contributed by atoms with Gasteiger partial charge in [-0.2, -0.15) is 5.26 Å². The van der Waals surface area contributed by atoms with E-state index in [0.29, 0.717) is 16.4 Å². The quantitative estimate of drug-likeness (QED) is 0.774. The minimum Gasteiger partial charge on any atom is -0.479 e. The number of nitriles is 1. The molecule has 1 aliphatic rings. The lowest BCUT2D eigenvalue weighted by molar-refractivity contribution is -0.167. The van der Waals surface area contributed by atoms with Crippen molar-refractivity contribution in [2.75, 3.05) is 6.61 Å². The molecule has 2 amide bonds. The summed E-state index contributed by atoms with van der Waals surface area (Å²) in [6.07, 6.45) is -0.119. The second-order valence-corrected chi connectivity index (χ2v) is 5.18. The van der Waals surface area contributed by atoms with E-state index in [1.54, 1.807) is 36.4 Å². The molecule has 7 heteroatoms. The van der Waals surface area contributed by atoms with Crippen molar-refractivity contribution in [3.05, 3.63) is 65.2 Å². The average molecular weight is 336 g/mol. The highest BCUT2D eigenvalue weighted by molar-refractivity contribution is 6.20. The first-order valence-corrected chi connectivity index (χ1v) is 7.37. The summed E-state index contributed by atoms with van der Waals surface area (Å²) < 4.78 is 5.11. The number of carbonyl (C=O) groups excluding carboxylic acids is 3. The molecule has 0 N–H and O–H groups in total. The Labute approximate surface area is 142 Å². The molecule has 0 atom stereocenters. The number of hydrogen-bond acceptors (Lipinski definition) is 6. The summed E-state index contributed by atoms with van der Waals surface area (Å²) in [4.78, 5) is 41.2. The number of fused-ring (bicyclic) bond motifs is 1. The Balaban J connectivity index is 1.63. The van der Waals surface area contributed by atoms with Gasteiger partial charge in [0.1, 0.15) is 11.8 Å². The van der Waals surface area contributed by atoms with E-state index in [0.717, 1.165) is 0 Å². The van der Waals surface area contributed by atoms with E-state index < -0.39 is 17.8 Å². The van der Waals surface area contributed by atoms with E-state index in [1.807, 2.05) is 6.07 Å². The predicted molar refractivity (Wildman–Crippen MR) is 84.3 cm³/mol. The lowest BCUT2D eigenvalue weighted by atomic mass is 10.1. The van der Waals surface area contributed by atoms with Crippen molar-refractivity contribution in [3.8, 4) is 11.8 Å². The largest absolute Gasteiger partial charge is 0.479 e. The average Bonchev–Trinajstić information content (AvgIpc) is 2.86. The Kier molecular flexibility index (Phi) is 4.44. The molecule has 1 aliphatic heterocycles. The third-order valence-electron chi connectivity index (χ3n) is 3.53. The topological polar surface area (TPSA) is 96.7 Å². The normalized spacial score (nSPS) is 12.5. The maximum absolute atomic E-state index is 12.1. The fourth-order valence-electron chi connectivity index (χ4n) is 2.37. The Bertz CT molecular complexity index is 848. The Morgan fingerprint density at radius 1 is 1.00 bits per heavy atom. The van der Waals surface area contributed by atoms with E-state index >= 15 is 0 Å². The summed E-state index contributed by atoms with van der Waals surface area (Å²) in [5.74, 6) is -1.55. The van der Waals surface area contributed by atoms with Gasteiger partial charge in [0.25, 0.3) is 11.8 Å². The van der Waals surface area contributed by atoms with Crippen LogP contribution >= 0.6 is 0 Å². The van der Waals surface area contributed by atoms with Gasteiger partial charge in [-0.1, -0.05) is 29.3 Å². The van der Waals surface area contributed by atoms with Crippen LogP contribution in [0.1, 0.15) is 26.3 Å². The van der Waals surface area contributed by atoms with Crippen LogP contribution in [-0.4, -0.2) is 29.5 Å². The minimum atomic E-state index is -0.736. The minimum absolute atomic E-state index is 0.0683. The number of hydrogen-bond donors (Lipinski definition) is 0. The highest BCUT2D eigenvalue weighted by Crippen LogP contribution is 2.23. The molecule has 3 rings (SSSR count). The Morgan fingerprint density at radius 2 is 1.60 bits per heavy atom. The van der Waals surface area contributed by atoms with Crippen LogP contribution in [0, 0.1) is 11.3 Å². The first-order chi connectivity index (χ1) is 12.1. The molecule has 2 aromatic carbocycles. The van der Waals surface area contributed by atoms with Crippen molar-refractivity contribution in [3.63, 3.8) is 0 Å². The summed E-state index contributed by atoms with van der Waals surface area (Å²) in [5, 5.41) is 8.93. The predicted octanol–water partition coefficient (Wildman–Crippen LogP) is 1.89. The van der Waals surface area contributed by atoms with Crippen LogP contribution in [0.3, 0.4) is 0 Å². The number of carbonyl (C=O) groups is 3. The number of amides is 2. The van der Waals surface area contributed by atoms with E-state index in [-0.39, 0.29) is 24.2 Å². The molecule has 25 heavy (non-hydrogen) atoms. The van der Waals surface area contributed by atoms with Crippen molar-refractivity contribution < 1.29 is 24.0 Å². The second-order valence-electron chi connectivity index (χ2n) is 5.18. The van der Waals surface area contributed by atoms with Crippen LogP contribution in [0.2, 0.25) is 0 Å². The molecule has 7 nitrogen and oxygen atoms in total. The van der Waals surface area contributed by atoms with Gasteiger partial charge in [-0.25, -0.2) is 4.79 Å². The number of nitrogens with zero attached hydrogens (tertiary/aromatic N) is 2. The van der Waals surface area contributed by atoms with Gasteiger partial charge in [-0.05, 0) is 29.8 Å². The van der Waals surface area contributed by atoms with Gasteiger partial charge >= 0.3 is 5.97 Å². The van der Waals surface area contributed by atoms with E-state index in [1.165, 1.54) is 12.1 Å². The van der Waals surface area contributed by atoms with Crippen LogP contribution < -0.4 is 4.74 Å². The van der Waals surface area contributed by atoms with Crippen LogP contribution in [0.5, 0.6) is 5.75 Å². The molecule has 0 aliphatic carbocycles. The number of rotatable bonds is 5. The van der Waals surface area contributed by atoms with Crippen molar-refractivity contribution in [2.24, 2.45) is 0 Å². The molecular weight excluding hydrogens is 324 g/mol. The number of imide groups is 1. The molecule has 0 saturated heterocycles. The van der Waals surface area contributed by atoms with E-state index in [4.69, 9.17) is 14.8 Å². The lowest BCUT2D eigenvalue weighted by Crippen LogP contribution is -2.33. The van der Waals surface area contributed by atoms with Crippen LogP contribution in [0.4, 0.5) is 0 Å². The van der Waals surface area contributed by atoms with Crippen molar-refractivity contribution >= 4 is 17.8 Å². The standard InChI is InChI=1S/C18H12N2O5/c19-9-10-24-13-7-5-12(6-8-13)11-16(21)25-20-17(22)14-3-1-2-4-15(14)18(20)23/h1-8H,10-11H2. The first-order valence-electron chi connectivity index (χ1n) is 7.37. The van der Waals surface area contributed by atoms with Gasteiger partial charge in [0.15, 0.2) is 6.61 Å². The molecule has 0 radical (unpaired) electrons. The molecule has 0 unspecified atom stereocenters. The number of benzene rings is 2. The second kappa shape index (κ2) is 6.84. The SMILES string of the molecule is N#CCOc1ccc(CC(=O)ON2C(=O)c3ccccc3C2=O)cc1. The van der Waals surface area contributed by atoms with Gasteiger partial charge in [0, 0.05) is 0 Å². The van der Waals surface area contributed by atoms with Crippen molar-refractivity contribution in [1.82, 2.24) is 5.06 Å². The number of hydroxylamine groups is 2. The molecule has 0 spiro atoms. The van der Waals surface area contributed by atoms with Crippen molar-refractivity contribution in [1.29, 1.82) is 5.26 Å². The molecule has 0 aromatic heterocycles. The maximum atomic E-state index is 12.1. The lowest BCUT2D eigenvalue weighted by Gasteiger charge is -2.12. The number of ether oxygens (including phenoxy) is 1.